The van der Waals surface area contributed by atoms with Crippen molar-refractivity contribution < 1.29 is 34.0 Å². The molecule has 1 aromatic heterocycles. The van der Waals surface area contributed by atoms with Crippen LogP contribution in [0.5, 0.6) is 17.2 Å². The molecule has 228 valence electrons. The van der Waals surface area contributed by atoms with Crippen LogP contribution >= 0.6 is 11.3 Å². The molecule has 5 aromatic rings. The van der Waals surface area contributed by atoms with Gasteiger partial charge < -0.3 is 30.2 Å². The number of hydrogen-bond donors (Lipinski definition) is 3. The van der Waals surface area contributed by atoms with Crippen molar-refractivity contribution in [3.63, 3.8) is 0 Å². The summed E-state index contributed by atoms with van der Waals surface area (Å²) in [6.07, 6.45) is -2.52. The van der Waals surface area contributed by atoms with Gasteiger partial charge in [-0.15, -0.1) is 11.3 Å². The lowest BCUT2D eigenvalue weighted by Gasteiger charge is -2.22. The van der Waals surface area contributed by atoms with Gasteiger partial charge in [-0.25, -0.2) is 9.59 Å². The summed E-state index contributed by atoms with van der Waals surface area (Å²) in [6.45, 7) is 4.37. The summed E-state index contributed by atoms with van der Waals surface area (Å²) in [5.41, 5.74) is 7.67. The first-order chi connectivity index (χ1) is 21.2. The Bertz CT molecular complexity index is 1570. The Morgan fingerprint density at radius 3 is 1.75 bits per heavy atom. The lowest BCUT2D eigenvalue weighted by molar-refractivity contribution is -0.161. The van der Waals surface area contributed by atoms with Crippen molar-refractivity contribution in [2.75, 3.05) is 6.54 Å². The number of thiophene rings is 1. The molecule has 3 atom stereocenters. The third-order valence-corrected chi connectivity index (χ3v) is 7.60. The highest BCUT2D eigenvalue weighted by Gasteiger charge is 2.38. The van der Waals surface area contributed by atoms with E-state index in [9.17, 15) is 19.8 Å². The predicted molar refractivity (Wildman–Crippen MR) is 172 cm³/mol. The Kier molecular flexibility index (Phi) is 11.3. The average Bonchev–Trinajstić information content (AvgIpc) is 3.56. The van der Waals surface area contributed by atoms with Crippen LogP contribution < -0.4 is 19.9 Å². The first-order valence-electron chi connectivity index (χ1n) is 14.1. The zero-order valence-electron chi connectivity index (χ0n) is 24.5. The van der Waals surface area contributed by atoms with E-state index in [4.69, 9.17) is 19.9 Å². The zero-order valence-corrected chi connectivity index (χ0v) is 25.3. The van der Waals surface area contributed by atoms with Crippen LogP contribution in [0.3, 0.4) is 0 Å². The molecular weight excluding hydrogens is 578 g/mol. The van der Waals surface area contributed by atoms with Crippen molar-refractivity contribution in [2.24, 2.45) is 5.73 Å². The van der Waals surface area contributed by atoms with E-state index in [1.807, 2.05) is 38.1 Å². The van der Waals surface area contributed by atoms with Gasteiger partial charge >= 0.3 is 11.9 Å². The zero-order chi connectivity index (χ0) is 31.5. The molecule has 4 N–H and O–H groups in total. The van der Waals surface area contributed by atoms with Crippen LogP contribution in [0.2, 0.25) is 0 Å². The highest BCUT2D eigenvalue weighted by molar-refractivity contribution is 7.10. The second-order valence-corrected chi connectivity index (χ2v) is 11.0. The lowest BCUT2D eigenvalue weighted by Crippen LogP contribution is -2.47. The SMILES string of the molecule is Cc1ccc(O[C@@H](C(=O)O)[C@@H](Oc2ccc(C)cc2)C(=O)O)cc1.NCCC(Oc1cccc2ccccc12)c1cccs1. The average molecular weight is 614 g/mol. The number of fused-ring (bicyclic) bond motifs is 1. The fourth-order valence-electron chi connectivity index (χ4n) is 4.35. The molecule has 0 aliphatic heterocycles. The summed E-state index contributed by atoms with van der Waals surface area (Å²) in [4.78, 5) is 24.2. The quantitative estimate of drug-likeness (QED) is 0.137. The number of benzene rings is 4. The molecule has 4 aromatic carbocycles. The molecule has 0 spiro atoms. The van der Waals surface area contributed by atoms with E-state index in [-0.39, 0.29) is 17.6 Å². The van der Waals surface area contributed by atoms with Crippen LogP contribution in [0.25, 0.3) is 10.8 Å². The van der Waals surface area contributed by atoms with Crippen LogP contribution in [-0.4, -0.2) is 40.9 Å². The molecule has 0 radical (unpaired) electrons. The van der Waals surface area contributed by atoms with Gasteiger partial charge in [0.2, 0.25) is 12.2 Å². The van der Waals surface area contributed by atoms with Gasteiger partial charge in [0, 0.05) is 16.7 Å². The second kappa shape index (κ2) is 15.6. The molecule has 44 heavy (non-hydrogen) atoms. The maximum atomic E-state index is 11.5. The van der Waals surface area contributed by atoms with Gasteiger partial charge in [-0.2, -0.15) is 0 Å². The number of aryl methyl sites for hydroxylation is 2. The Labute approximate surface area is 260 Å². The smallest absolute Gasteiger partial charge is 0.349 e. The van der Waals surface area contributed by atoms with E-state index in [0.29, 0.717) is 6.54 Å². The molecule has 1 unspecified atom stereocenters. The van der Waals surface area contributed by atoms with E-state index >= 15 is 0 Å². The van der Waals surface area contributed by atoms with Crippen LogP contribution in [-0.2, 0) is 9.59 Å². The number of carboxylic acid groups (broad SMARTS) is 2. The molecular formula is C35H35NO7S. The number of ether oxygens (including phenoxy) is 3. The Morgan fingerprint density at radius 2 is 1.25 bits per heavy atom. The maximum Gasteiger partial charge on any atom is 0.349 e. The number of aliphatic carboxylic acids is 2. The summed E-state index contributed by atoms with van der Waals surface area (Å²) in [5.74, 6) is -1.40. The minimum Gasteiger partial charge on any atom is -0.484 e. The molecule has 5 rings (SSSR count). The minimum atomic E-state index is -1.69. The molecule has 0 aliphatic carbocycles. The molecule has 8 nitrogen and oxygen atoms in total. The first-order valence-corrected chi connectivity index (χ1v) is 14.9. The van der Waals surface area contributed by atoms with Gasteiger partial charge in [0.25, 0.3) is 0 Å². The van der Waals surface area contributed by atoms with Crippen molar-refractivity contribution in [3.05, 3.63) is 125 Å². The van der Waals surface area contributed by atoms with Crippen molar-refractivity contribution in [1.82, 2.24) is 0 Å². The van der Waals surface area contributed by atoms with Crippen molar-refractivity contribution in [3.8, 4) is 17.2 Å². The number of carboxylic acids is 2. The third kappa shape index (κ3) is 8.82. The van der Waals surface area contributed by atoms with E-state index in [1.54, 1.807) is 59.9 Å². The summed E-state index contributed by atoms with van der Waals surface area (Å²) >= 11 is 1.72. The van der Waals surface area contributed by atoms with Crippen LogP contribution in [0.4, 0.5) is 0 Å². The van der Waals surface area contributed by atoms with Gasteiger partial charge in [0.15, 0.2) is 0 Å². The molecule has 0 bridgehead atoms. The molecule has 0 aliphatic rings. The van der Waals surface area contributed by atoms with Gasteiger partial charge in [-0.3, -0.25) is 0 Å². The molecule has 9 heteroatoms. The molecule has 0 saturated carbocycles. The van der Waals surface area contributed by atoms with E-state index in [0.717, 1.165) is 28.7 Å². The fraction of sp³-hybridized carbons (Fsp3) is 0.200. The van der Waals surface area contributed by atoms with Gasteiger partial charge in [-0.05, 0) is 67.6 Å². The summed E-state index contributed by atoms with van der Waals surface area (Å²) < 4.78 is 16.9. The molecule has 0 fully saturated rings. The Hall–Kier alpha value is -4.86. The topological polar surface area (TPSA) is 128 Å². The monoisotopic (exact) mass is 613 g/mol. The highest BCUT2D eigenvalue weighted by Crippen LogP contribution is 2.32. The number of nitrogens with two attached hydrogens (primary N) is 1. The standard InChI is InChI=1S/C18H18O6.C17H17NOS/c1-11-3-7-13(8-4-11)23-15(17(19)20)16(18(21)22)24-14-9-5-12(2)6-10-14;18-11-10-16(17-9-4-12-20-17)19-15-8-3-6-13-5-1-2-7-14(13)15/h3-10,15-16H,1-2H3,(H,19,20)(H,21,22);1-9,12,16H,10-11,18H2/t15-,16-;/m1./s1. The van der Waals surface area contributed by atoms with E-state index in [2.05, 4.69) is 35.7 Å². The van der Waals surface area contributed by atoms with Crippen molar-refractivity contribution in [1.29, 1.82) is 0 Å². The predicted octanol–water partition coefficient (Wildman–Crippen LogP) is 7.04. The molecule has 0 amide bonds. The molecule has 0 saturated heterocycles. The maximum absolute atomic E-state index is 11.5. The first kappa shape index (κ1) is 32.1. The van der Waals surface area contributed by atoms with Crippen molar-refractivity contribution >= 4 is 34.0 Å². The molecule has 1 heterocycles. The van der Waals surface area contributed by atoms with Crippen LogP contribution in [0.1, 0.15) is 28.5 Å². The van der Waals surface area contributed by atoms with Gasteiger partial charge in [0.05, 0.1) is 0 Å². The summed E-state index contributed by atoms with van der Waals surface area (Å²) in [6, 6.07) is 31.9. The number of rotatable bonds is 12. The summed E-state index contributed by atoms with van der Waals surface area (Å²) in [7, 11) is 0. The Balaban J connectivity index is 0.000000204. The van der Waals surface area contributed by atoms with Crippen molar-refractivity contribution in [2.45, 2.75) is 38.6 Å². The van der Waals surface area contributed by atoms with E-state index < -0.39 is 24.1 Å². The summed E-state index contributed by atoms with van der Waals surface area (Å²) in [5, 5.41) is 23.1. The number of hydrogen-bond acceptors (Lipinski definition) is 7. The Morgan fingerprint density at radius 1 is 0.705 bits per heavy atom. The second-order valence-electron chi connectivity index (χ2n) is 10.1. The van der Waals surface area contributed by atoms with Gasteiger partial charge in [0.1, 0.15) is 23.4 Å². The number of carbonyl (C=O) groups is 2. The minimum absolute atomic E-state index is 0.0332. The van der Waals surface area contributed by atoms with Crippen LogP contribution in [0.15, 0.2) is 109 Å². The lowest BCUT2D eigenvalue weighted by atomic mass is 10.1. The van der Waals surface area contributed by atoms with Gasteiger partial charge in [-0.1, -0.05) is 77.9 Å². The fourth-order valence-corrected chi connectivity index (χ4v) is 5.14. The van der Waals surface area contributed by atoms with Crippen LogP contribution in [0, 0.1) is 13.8 Å². The highest BCUT2D eigenvalue weighted by atomic mass is 32.1. The van der Waals surface area contributed by atoms with E-state index in [1.165, 1.54) is 10.3 Å². The largest absolute Gasteiger partial charge is 0.484 e. The normalized spacial score (nSPS) is 12.7. The third-order valence-electron chi connectivity index (χ3n) is 6.64.